The number of carbonyl (C=O) groups excluding carboxylic acids is 4. The molecular weight excluding hydrogens is 580 g/mol. The Bertz CT molecular complexity index is 1490. The molecule has 3 aromatic rings. The zero-order valence-corrected chi connectivity index (χ0v) is 25.0. The van der Waals surface area contributed by atoms with E-state index in [9.17, 15) is 29.4 Å². The van der Waals surface area contributed by atoms with Gasteiger partial charge in [-0.3, -0.25) is 9.59 Å². The van der Waals surface area contributed by atoms with Gasteiger partial charge in [0.2, 0.25) is 0 Å². The molecule has 2 atom stereocenters. The number of aliphatic hydroxyl groups excluding tert-OH is 2. The van der Waals surface area contributed by atoms with Gasteiger partial charge in [0.1, 0.15) is 35.2 Å². The molecule has 0 aliphatic rings. The van der Waals surface area contributed by atoms with Crippen molar-refractivity contribution >= 4 is 23.5 Å². The van der Waals surface area contributed by atoms with E-state index < -0.39 is 35.7 Å². The van der Waals surface area contributed by atoms with Gasteiger partial charge >= 0.3 is 11.9 Å². The van der Waals surface area contributed by atoms with Gasteiger partial charge in [0, 0.05) is 0 Å². The van der Waals surface area contributed by atoms with Gasteiger partial charge in [0.05, 0.1) is 24.3 Å². The highest BCUT2D eigenvalue weighted by Crippen LogP contribution is 2.26. The van der Waals surface area contributed by atoms with Crippen LogP contribution in [0, 0.1) is 6.92 Å². The fourth-order valence-electron chi connectivity index (χ4n) is 3.99. The highest BCUT2D eigenvalue weighted by atomic mass is 16.5. The summed E-state index contributed by atoms with van der Waals surface area (Å²) in [7, 11) is 0. The number of hydrogen-bond donors (Lipinski definition) is 2. The molecule has 3 rings (SSSR count). The summed E-state index contributed by atoms with van der Waals surface area (Å²) in [6.45, 7) is 8.97. The minimum Gasteiger partial charge on any atom is -0.494 e. The van der Waals surface area contributed by atoms with Crippen LogP contribution < -0.4 is 18.9 Å². The molecular formula is C35H36O10. The average Bonchev–Trinajstić information content (AvgIpc) is 3.05. The molecule has 0 fully saturated rings. The largest absolute Gasteiger partial charge is 0.494 e. The van der Waals surface area contributed by atoms with E-state index in [-0.39, 0.29) is 31.8 Å². The SMILES string of the molecule is C=CC(=O)C(O)CCCOc1ccc(C(=O)Oc2ccc(OC(=O)c3ccc(OCCCC(O)C(=O)C=C)cc3)c(C)c2)cc1. The van der Waals surface area contributed by atoms with E-state index in [0.29, 0.717) is 46.8 Å². The number of aryl methyl sites for hydroxylation is 1. The lowest BCUT2D eigenvalue weighted by Crippen LogP contribution is -2.18. The second kappa shape index (κ2) is 17.3. The molecule has 0 aliphatic heterocycles. The minimum absolute atomic E-state index is 0.256. The number of ether oxygens (including phenoxy) is 4. The maximum Gasteiger partial charge on any atom is 0.343 e. The van der Waals surface area contributed by atoms with Crippen LogP contribution in [0.15, 0.2) is 92.0 Å². The summed E-state index contributed by atoms with van der Waals surface area (Å²) in [5.74, 6) is -0.396. The zero-order chi connectivity index (χ0) is 32.8. The molecule has 236 valence electrons. The van der Waals surface area contributed by atoms with Crippen LogP contribution in [-0.2, 0) is 9.59 Å². The van der Waals surface area contributed by atoms with Crippen LogP contribution in [0.1, 0.15) is 52.0 Å². The second-order valence-electron chi connectivity index (χ2n) is 9.98. The first kappa shape index (κ1) is 34.4. The van der Waals surface area contributed by atoms with Crippen molar-refractivity contribution in [2.45, 2.75) is 44.8 Å². The molecule has 0 saturated heterocycles. The van der Waals surface area contributed by atoms with E-state index in [2.05, 4.69) is 13.2 Å². The standard InChI is InChI=1S/C35H36O10/c1-4-29(36)31(38)8-6-20-42-26-14-10-24(11-15-26)34(40)44-28-18-19-33(23(3)22-28)45-35(41)25-12-16-27(17-13-25)43-21-7-9-32(39)30(37)5-2/h4-5,10-19,22,31-32,38-39H,1-2,6-9,20-21H2,3H3. The summed E-state index contributed by atoms with van der Waals surface area (Å²) in [5, 5.41) is 19.3. The highest BCUT2D eigenvalue weighted by Gasteiger charge is 2.15. The van der Waals surface area contributed by atoms with Gasteiger partial charge < -0.3 is 29.2 Å². The van der Waals surface area contributed by atoms with Crippen molar-refractivity contribution in [1.29, 1.82) is 0 Å². The smallest absolute Gasteiger partial charge is 0.343 e. The van der Waals surface area contributed by atoms with Crippen LogP contribution in [0.4, 0.5) is 0 Å². The Labute approximate surface area is 261 Å². The van der Waals surface area contributed by atoms with E-state index in [1.165, 1.54) is 12.1 Å². The Hall–Kier alpha value is -5.06. The van der Waals surface area contributed by atoms with Crippen LogP contribution in [-0.4, -0.2) is 59.1 Å². The van der Waals surface area contributed by atoms with Crippen molar-refractivity contribution in [3.63, 3.8) is 0 Å². The van der Waals surface area contributed by atoms with Crippen LogP contribution in [0.25, 0.3) is 0 Å². The number of esters is 2. The number of benzene rings is 3. The maximum atomic E-state index is 12.7. The molecule has 2 N–H and O–H groups in total. The molecule has 10 nitrogen and oxygen atoms in total. The number of rotatable bonds is 18. The van der Waals surface area contributed by atoms with E-state index in [1.807, 2.05) is 0 Å². The van der Waals surface area contributed by atoms with E-state index in [4.69, 9.17) is 18.9 Å². The Balaban J connectivity index is 1.45. The molecule has 45 heavy (non-hydrogen) atoms. The second-order valence-corrected chi connectivity index (χ2v) is 9.98. The molecule has 0 amide bonds. The highest BCUT2D eigenvalue weighted by molar-refractivity contribution is 5.93. The van der Waals surface area contributed by atoms with E-state index >= 15 is 0 Å². The first-order valence-corrected chi connectivity index (χ1v) is 14.3. The first-order valence-electron chi connectivity index (χ1n) is 14.3. The number of hydrogen-bond acceptors (Lipinski definition) is 10. The van der Waals surface area contributed by atoms with Crippen molar-refractivity contribution in [1.82, 2.24) is 0 Å². The summed E-state index contributed by atoms with van der Waals surface area (Å²) in [5.41, 5.74) is 1.18. The monoisotopic (exact) mass is 616 g/mol. The first-order chi connectivity index (χ1) is 21.6. The molecule has 2 unspecified atom stereocenters. The van der Waals surface area contributed by atoms with Crippen molar-refractivity contribution in [2.75, 3.05) is 13.2 Å². The van der Waals surface area contributed by atoms with Crippen LogP contribution in [0.2, 0.25) is 0 Å². The third-order valence-electron chi connectivity index (χ3n) is 6.58. The summed E-state index contributed by atoms with van der Waals surface area (Å²) >= 11 is 0. The molecule has 0 heterocycles. The lowest BCUT2D eigenvalue weighted by molar-refractivity contribution is -0.123. The molecule has 0 spiro atoms. The van der Waals surface area contributed by atoms with Gasteiger partial charge in [-0.05, 0) is 117 Å². The van der Waals surface area contributed by atoms with Gasteiger partial charge in [-0.15, -0.1) is 0 Å². The van der Waals surface area contributed by atoms with Crippen molar-refractivity contribution < 1.29 is 48.3 Å². The Kier molecular flexibility index (Phi) is 13.2. The average molecular weight is 617 g/mol. The molecule has 10 heteroatoms. The zero-order valence-electron chi connectivity index (χ0n) is 25.0. The number of carbonyl (C=O) groups is 4. The molecule has 0 saturated carbocycles. The predicted molar refractivity (Wildman–Crippen MR) is 166 cm³/mol. The molecule has 0 radical (unpaired) electrons. The quantitative estimate of drug-likeness (QED) is 0.0868. The van der Waals surface area contributed by atoms with Crippen molar-refractivity contribution in [3.05, 3.63) is 109 Å². The van der Waals surface area contributed by atoms with Crippen LogP contribution in [0.5, 0.6) is 23.0 Å². The van der Waals surface area contributed by atoms with E-state index in [0.717, 1.165) is 12.2 Å². The lowest BCUT2D eigenvalue weighted by atomic mass is 10.1. The van der Waals surface area contributed by atoms with E-state index in [1.54, 1.807) is 61.5 Å². The third kappa shape index (κ3) is 10.9. The summed E-state index contributed by atoms with van der Waals surface area (Å²) < 4.78 is 22.2. The topological polar surface area (TPSA) is 146 Å². The van der Waals surface area contributed by atoms with Gasteiger partial charge in [-0.25, -0.2) is 9.59 Å². The predicted octanol–water partition coefficient (Wildman–Crippen LogP) is 4.98. The fraction of sp³-hybridized carbons (Fsp3) is 0.257. The normalized spacial score (nSPS) is 11.9. The van der Waals surface area contributed by atoms with Gasteiger partial charge in [-0.2, -0.15) is 0 Å². The molecule has 0 aromatic heterocycles. The molecule has 0 bridgehead atoms. The summed E-state index contributed by atoms with van der Waals surface area (Å²) in [6, 6.07) is 17.4. The minimum atomic E-state index is -1.09. The van der Waals surface area contributed by atoms with Crippen LogP contribution >= 0.6 is 0 Å². The lowest BCUT2D eigenvalue weighted by Gasteiger charge is -2.11. The maximum absolute atomic E-state index is 12.7. The number of aliphatic hydroxyl groups is 2. The van der Waals surface area contributed by atoms with Crippen molar-refractivity contribution in [2.24, 2.45) is 0 Å². The number of ketones is 2. The van der Waals surface area contributed by atoms with Gasteiger partial charge in [0.25, 0.3) is 0 Å². The Morgan fingerprint density at radius 3 is 1.51 bits per heavy atom. The molecule has 3 aromatic carbocycles. The molecule has 0 aliphatic carbocycles. The summed E-state index contributed by atoms with van der Waals surface area (Å²) in [4.78, 5) is 48.0. The fourth-order valence-corrected chi connectivity index (χ4v) is 3.99. The Morgan fingerprint density at radius 2 is 1.09 bits per heavy atom. The summed E-state index contributed by atoms with van der Waals surface area (Å²) in [6.07, 6.45) is 1.44. The van der Waals surface area contributed by atoms with Crippen molar-refractivity contribution in [3.8, 4) is 23.0 Å². The van der Waals surface area contributed by atoms with Gasteiger partial charge in [0.15, 0.2) is 11.6 Å². The van der Waals surface area contributed by atoms with Gasteiger partial charge in [-0.1, -0.05) is 13.2 Å². The van der Waals surface area contributed by atoms with Crippen LogP contribution in [0.3, 0.4) is 0 Å². The Morgan fingerprint density at radius 1 is 0.667 bits per heavy atom. The third-order valence-corrected chi connectivity index (χ3v) is 6.58.